The number of rotatable bonds is 6. The van der Waals surface area contributed by atoms with E-state index in [4.69, 9.17) is 9.47 Å². The summed E-state index contributed by atoms with van der Waals surface area (Å²) in [5, 5.41) is 2.88. The first-order valence-corrected chi connectivity index (χ1v) is 7.15. The summed E-state index contributed by atoms with van der Waals surface area (Å²) >= 11 is 0. The van der Waals surface area contributed by atoms with Gasteiger partial charge in [0.05, 0.1) is 18.5 Å². The standard InChI is InChI=1S/C15H22N2O3/c1-3-10-20-13-7-6-12(11-16-13)17-14(18)15(19-2)8-4-5-9-15/h6-7,11H,3-5,8-10H2,1-2H3,(H,17,18). The first-order chi connectivity index (χ1) is 9.70. The minimum atomic E-state index is -0.669. The third-order valence-corrected chi connectivity index (χ3v) is 3.66. The highest BCUT2D eigenvalue weighted by Gasteiger charge is 2.41. The summed E-state index contributed by atoms with van der Waals surface area (Å²) in [6, 6.07) is 3.56. The lowest BCUT2D eigenvalue weighted by molar-refractivity contribution is -0.137. The van der Waals surface area contributed by atoms with E-state index in [0.717, 1.165) is 32.1 Å². The molecule has 1 aliphatic rings. The van der Waals surface area contributed by atoms with Gasteiger partial charge in [-0.25, -0.2) is 4.98 Å². The van der Waals surface area contributed by atoms with Crippen molar-refractivity contribution in [3.63, 3.8) is 0 Å². The lowest BCUT2D eigenvalue weighted by Gasteiger charge is -2.25. The molecule has 1 aliphatic carbocycles. The van der Waals surface area contributed by atoms with E-state index in [1.165, 1.54) is 0 Å². The first-order valence-electron chi connectivity index (χ1n) is 7.15. The monoisotopic (exact) mass is 278 g/mol. The van der Waals surface area contributed by atoms with E-state index in [2.05, 4.69) is 10.3 Å². The van der Waals surface area contributed by atoms with Crippen LogP contribution < -0.4 is 10.1 Å². The minimum absolute atomic E-state index is 0.0819. The number of ether oxygens (including phenoxy) is 2. The summed E-state index contributed by atoms with van der Waals surface area (Å²) in [5.74, 6) is 0.494. The fourth-order valence-electron chi connectivity index (χ4n) is 2.46. The van der Waals surface area contributed by atoms with Crippen molar-refractivity contribution < 1.29 is 14.3 Å². The van der Waals surface area contributed by atoms with Crippen molar-refractivity contribution in [1.29, 1.82) is 0 Å². The van der Waals surface area contributed by atoms with Crippen molar-refractivity contribution in [1.82, 2.24) is 4.98 Å². The van der Waals surface area contributed by atoms with Crippen LogP contribution in [0.15, 0.2) is 18.3 Å². The zero-order valence-electron chi connectivity index (χ0n) is 12.1. The Morgan fingerprint density at radius 3 is 2.70 bits per heavy atom. The maximum absolute atomic E-state index is 12.3. The van der Waals surface area contributed by atoms with E-state index in [0.29, 0.717) is 18.2 Å². The van der Waals surface area contributed by atoms with Crippen LogP contribution in [0.5, 0.6) is 5.88 Å². The number of methoxy groups -OCH3 is 1. The van der Waals surface area contributed by atoms with Crippen LogP contribution in [0.2, 0.25) is 0 Å². The molecular weight excluding hydrogens is 256 g/mol. The lowest BCUT2D eigenvalue weighted by Crippen LogP contribution is -2.42. The number of hydrogen-bond acceptors (Lipinski definition) is 4. The van der Waals surface area contributed by atoms with Gasteiger partial charge in [0.1, 0.15) is 5.60 Å². The largest absolute Gasteiger partial charge is 0.478 e. The summed E-state index contributed by atoms with van der Waals surface area (Å²) in [5.41, 5.74) is -0.000585. The van der Waals surface area contributed by atoms with Gasteiger partial charge in [-0.05, 0) is 38.2 Å². The van der Waals surface area contributed by atoms with E-state index < -0.39 is 5.60 Å². The first kappa shape index (κ1) is 14.8. The Kier molecular flexibility index (Phi) is 4.95. The molecule has 1 fully saturated rings. The van der Waals surface area contributed by atoms with Crippen molar-refractivity contribution in [3.8, 4) is 5.88 Å². The predicted octanol–water partition coefficient (Wildman–Crippen LogP) is 2.77. The second kappa shape index (κ2) is 6.70. The number of pyridine rings is 1. The summed E-state index contributed by atoms with van der Waals surface area (Å²) < 4.78 is 10.9. The Bertz CT molecular complexity index is 439. The Morgan fingerprint density at radius 1 is 1.40 bits per heavy atom. The molecule has 1 N–H and O–H groups in total. The maximum Gasteiger partial charge on any atom is 0.256 e. The molecule has 0 atom stereocenters. The van der Waals surface area contributed by atoms with Gasteiger partial charge in [-0.1, -0.05) is 6.92 Å². The molecule has 1 aromatic rings. The van der Waals surface area contributed by atoms with Gasteiger partial charge in [0.2, 0.25) is 5.88 Å². The van der Waals surface area contributed by atoms with E-state index in [9.17, 15) is 4.79 Å². The Balaban J connectivity index is 1.97. The van der Waals surface area contributed by atoms with Crippen molar-refractivity contribution in [2.45, 2.75) is 44.6 Å². The molecule has 1 aromatic heterocycles. The fraction of sp³-hybridized carbons (Fsp3) is 0.600. The molecule has 5 nitrogen and oxygen atoms in total. The zero-order chi connectivity index (χ0) is 14.4. The van der Waals surface area contributed by atoms with Crippen molar-refractivity contribution >= 4 is 11.6 Å². The number of hydrogen-bond donors (Lipinski definition) is 1. The number of anilines is 1. The lowest BCUT2D eigenvalue weighted by atomic mass is 10.0. The molecule has 0 unspecified atom stereocenters. The normalized spacial score (nSPS) is 16.9. The van der Waals surface area contributed by atoms with Gasteiger partial charge in [-0.3, -0.25) is 4.79 Å². The number of carbonyl (C=O) groups is 1. The van der Waals surface area contributed by atoms with Gasteiger partial charge in [-0.2, -0.15) is 0 Å². The van der Waals surface area contributed by atoms with E-state index in [-0.39, 0.29) is 5.91 Å². The molecule has 110 valence electrons. The van der Waals surface area contributed by atoms with Gasteiger partial charge >= 0.3 is 0 Å². The summed E-state index contributed by atoms with van der Waals surface area (Å²) in [6.07, 6.45) is 6.17. The van der Waals surface area contributed by atoms with E-state index in [1.807, 2.05) is 6.92 Å². The van der Waals surface area contributed by atoms with Crippen LogP contribution in [0, 0.1) is 0 Å². The molecule has 0 saturated heterocycles. The van der Waals surface area contributed by atoms with Gasteiger partial charge in [0, 0.05) is 13.2 Å². The SMILES string of the molecule is CCCOc1ccc(NC(=O)C2(OC)CCCC2)cn1. The molecule has 0 bridgehead atoms. The number of carbonyl (C=O) groups excluding carboxylic acids is 1. The van der Waals surface area contributed by atoms with E-state index >= 15 is 0 Å². The third kappa shape index (κ3) is 3.28. The number of nitrogens with one attached hydrogen (secondary N) is 1. The average Bonchev–Trinajstić information content (AvgIpc) is 2.97. The van der Waals surface area contributed by atoms with Crippen molar-refractivity contribution in [2.24, 2.45) is 0 Å². The highest BCUT2D eigenvalue weighted by atomic mass is 16.5. The van der Waals surface area contributed by atoms with Crippen molar-refractivity contribution in [2.75, 3.05) is 19.0 Å². The quantitative estimate of drug-likeness (QED) is 0.869. The second-order valence-corrected chi connectivity index (χ2v) is 5.09. The van der Waals surface area contributed by atoms with Crippen LogP contribution in [0.25, 0.3) is 0 Å². The molecule has 1 saturated carbocycles. The zero-order valence-corrected chi connectivity index (χ0v) is 12.1. The summed E-state index contributed by atoms with van der Waals surface area (Å²) in [4.78, 5) is 16.5. The average molecular weight is 278 g/mol. The molecule has 0 spiro atoms. The van der Waals surface area contributed by atoms with Crippen LogP contribution in [0.3, 0.4) is 0 Å². The van der Waals surface area contributed by atoms with Gasteiger partial charge in [0.25, 0.3) is 5.91 Å². The molecule has 1 amide bonds. The second-order valence-electron chi connectivity index (χ2n) is 5.09. The maximum atomic E-state index is 12.3. The summed E-state index contributed by atoms with van der Waals surface area (Å²) in [7, 11) is 1.60. The van der Waals surface area contributed by atoms with Crippen LogP contribution >= 0.6 is 0 Å². The van der Waals surface area contributed by atoms with Crippen LogP contribution in [-0.4, -0.2) is 30.2 Å². The van der Waals surface area contributed by atoms with Crippen molar-refractivity contribution in [3.05, 3.63) is 18.3 Å². The predicted molar refractivity (Wildman–Crippen MR) is 76.9 cm³/mol. The van der Waals surface area contributed by atoms with Crippen LogP contribution in [0.4, 0.5) is 5.69 Å². The molecule has 0 radical (unpaired) electrons. The third-order valence-electron chi connectivity index (χ3n) is 3.66. The Morgan fingerprint density at radius 2 is 2.15 bits per heavy atom. The van der Waals surface area contributed by atoms with Gasteiger partial charge in [0.15, 0.2) is 0 Å². The number of aromatic nitrogens is 1. The smallest absolute Gasteiger partial charge is 0.256 e. The highest BCUT2D eigenvalue weighted by Crippen LogP contribution is 2.33. The molecule has 1 heterocycles. The number of amides is 1. The van der Waals surface area contributed by atoms with Crippen LogP contribution in [0.1, 0.15) is 39.0 Å². The minimum Gasteiger partial charge on any atom is -0.478 e. The van der Waals surface area contributed by atoms with Gasteiger partial charge < -0.3 is 14.8 Å². The van der Waals surface area contributed by atoms with E-state index in [1.54, 1.807) is 25.4 Å². The molecule has 5 heteroatoms. The Labute approximate surface area is 119 Å². The topological polar surface area (TPSA) is 60.5 Å². The molecule has 2 rings (SSSR count). The summed E-state index contributed by atoms with van der Waals surface area (Å²) in [6.45, 7) is 2.69. The van der Waals surface area contributed by atoms with Crippen LogP contribution in [-0.2, 0) is 9.53 Å². The fourth-order valence-corrected chi connectivity index (χ4v) is 2.46. The molecule has 0 aliphatic heterocycles. The highest BCUT2D eigenvalue weighted by molar-refractivity contribution is 5.97. The Hall–Kier alpha value is -1.62. The number of nitrogens with zero attached hydrogens (tertiary/aromatic N) is 1. The molecule has 0 aromatic carbocycles. The molecular formula is C15H22N2O3. The van der Waals surface area contributed by atoms with Gasteiger partial charge in [-0.15, -0.1) is 0 Å². The molecule has 20 heavy (non-hydrogen) atoms.